The minimum absolute atomic E-state index is 0.195. The first-order chi connectivity index (χ1) is 8.60. The number of nitrogens with two attached hydrogens (primary N) is 1. The summed E-state index contributed by atoms with van der Waals surface area (Å²) in [6.07, 6.45) is 2.22. The van der Waals surface area contributed by atoms with Crippen molar-refractivity contribution < 1.29 is 9.34 Å². The third kappa shape index (κ3) is 2.88. The van der Waals surface area contributed by atoms with Crippen LogP contribution < -0.4 is 5.73 Å². The Hall–Kier alpha value is -1.40. The predicted molar refractivity (Wildman–Crippen MR) is 67.0 cm³/mol. The molecule has 1 aliphatic heterocycles. The van der Waals surface area contributed by atoms with Crippen LogP contribution in [-0.4, -0.2) is 29.0 Å². The Morgan fingerprint density at radius 1 is 1.61 bits per heavy atom. The summed E-state index contributed by atoms with van der Waals surface area (Å²) in [5.74, 6) is 1.13. The van der Waals surface area contributed by atoms with Crippen molar-refractivity contribution in [1.29, 1.82) is 0 Å². The van der Waals surface area contributed by atoms with E-state index in [1.165, 1.54) is 6.07 Å². The fourth-order valence-electron chi connectivity index (χ4n) is 2.50. The Morgan fingerprint density at radius 3 is 3.00 bits per heavy atom. The van der Waals surface area contributed by atoms with Crippen LogP contribution in [0.15, 0.2) is 16.5 Å². The molecule has 0 aliphatic carbocycles. The highest BCUT2D eigenvalue weighted by atomic mass is 16.6. The molecule has 0 aromatic carbocycles. The monoisotopic (exact) mass is 253 g/mol. The van der Waals surface area contributed by atoms with Crippen LogP contribution in [0.4, 0.5) is 5.88 Å². The highest BCUT2D eigenvalue weighted by Crippen LogP contribution is 2.25. The lowest BCUT2D eigenvalue weighted by molar-refractivity contribution is -0.402. The van der Waals surface area contributed by atoms with E-state index in [0.717, 1.165) is 19.4 Å². The molecule has 1 aliphatic rings. The van der Waals surface area contributed by atoms with Crippen LogP contribution in [0.1, 0.15) is 25.5 Å². The summed E-state index contributed by atoms with van der Waals surface area (Å²) in [4.78, 5) is 12.3. The van der Waals surface area contributed by atoms with Gasteiger partial charge in [-0.15, -0.1) is 0 Å². The summed E-state index contributed by atoms with van der Waals surface area (Å²) in [6.45, 7) is 4.42. The van der Waals surface area contributed by atoms with E-state index < -0.39 is 4.92 Å². The minimum atomic E-state index is -0.512. The van der Waals surface area contributed by atoms with Gasteiger partial charge in [0, 0.05) is 12.6 Å². The van der Waals surface area contributed by atoms with Gasteiger partial charge in [0.05, 0.1) is 12.6 Å². The van der Waals surface area contributed by atoms with Crippen LogP contribution in [0, 0.1) is 16.0 Å². The maximum absolute atomic E-state index is 10.5. The van der Waals surface area contributed by atoms with Gasteiger partial charge in [0.1, 0.15) is 10.7 Å². The molecular formula is C12H19N3O3. The number of likely N-dealkylation sites (tertiary alicyclic amines) is 1. The van der Waals surface area contributed by atoms with Crippen LogP contribution in [0.2, 0.25) is 0 Å². The molecule has 1 fully saturated rings. The normalized spacial score (nSPS) is 25.2. The number of hydrogen-bond acceptors (Lipinski definition) is 5. The molecule has 18 heavy (non-hydrogen) atoms. The number of rotatable bonds is 4. The fraction of sp³-hybridized carbons (Fsp3) is 0.667. The molecule has 0 saturated carbocycles. The largest absolute Gasteiger partial charge is 0.433 e. The first kappa shape index (κ1) is 13.0. The van der Waals surface area contributed by atoms with Crippen molar-refractivity contribution >= 4 is 5.88 Å². The standard InChI is InChI=1S/C12H19N3O3/c1-9-4-5-14(10(6-9)7-13)8-11-2-3-12(18-11)15(16)17/h2-3,9-10H,4-8,13H2,1H3. The fourth-order valence-corrected chi connectivity index (χ4v) is 2.50. The molecule has 2 rings (SSSR count). The molecule has 2 atom stereocenters. The molecule has 1 saturated heterocycles. The topological polar surface area (TPSA) is 85.5 Å². The predicted octanol–water partition coefficient (Wildman–Crippen LogP) is 1.75. The van der Waals surface area contributed by atoms with Gasteiger partial charge < -0.3 is 10.2 Å². The Bertz CT molecular complexity index is 418. The molecule has 0 spiro atoms. The molecule has 6 nitrogen and oxygen atoms in total. The second-order valence-corrected chi connectivity index (χ2v) is 4.99. The van der Waals surface area contributed by atoms with Gasteiger partial charge in [0.25, 0.3) is 0 Å². The van der Waals surface area contributed by atoms with E-state index in [0.29, 0.717) is 30.8 Å². The van der Waals surface area contributed by atoms with Gasteiger partial charge in [0.2, 0.25) is 0 Å². The highest BCUT2D eigenvalue weighted by molar-refractivity contribution is 5.17. The first-order valence-corrected chi connectivity index (χ1v) is 6.27. The molecule has 1 aromatic heterocycles. The SMILES string of the molecule is CC1CCN(Cc2ccc([N+](=O)[O-])o2)C(CN)C1. The molecule has 2 N–H and O–H groups in total. The van der Waals surface area contributed by atoms with Gasteiger partial charge in [-0.25, -0.2) is 0 Å². The van der Waals surface area contributed by atoms with Crippen LogP contribution in [0.5, 0.6) is 0 Å². The zero-order valence-corrected chi connectivity index (χ0v) is 10.5. The maximum atomic E-state index is 10.5. The lowest BCUT2D eigenvalue weighted by Crippen LogP contribution is -2.45. The summed E-state index contributed by atoms with van der Waals surface area (Å²) in [7, 11) is 0. The van der Waals surface area contributed by atoms with E-state index in [9.17, 15) is 10.1 Å². The van der Waals surface area contributed by atoms with Gasteiger partial charge in [-0.3, -0.25) is 15.0 Å². The summed E-state index contributed by atoms with van der Waals surface area (Å²) < 4.78 is 5.19. The lowest BCUT2D eigenvalue weighted by Gasteiger charge is -2.37. The lowest BCUT2D eigenvalue weighted by atomic mass is 9.92. The second-order valence-electron chi connectivity index (χ2n) is 4.99. The number of piperidine rings is 1. The van der Waals surface area contributed by atoms with Crippen molar-refractivity contribution in [3.05, 3.63) is 28.0 Å². The molecule has 0 radical (unpaired) electrons. The first-order valence-electron chi connectivity index (χ1n) is 6.27. The molecular weight excluding hydrogens is 234 g/mol. The average molecular weight is 253 g/mol. The minimum Gasteiger partial charge on any atom is -0.404 e. The number of furan rings is 1. The van der Waals surface area contributed by atoms with E-state index in [4.69, 9.17) is 10.2 Å². The number of nitro groups is 1. The number of hydrogen-bond donors (Lipinski definition) is 1. The Kier molecular flexibility index (Phi) is 3.98. The average Bonchev–Trinajstić information content (AvgIpc) is 2.80. The quantitative estimate of drug-likeness (QED) is 0.652. The van der Waals surface area contributed by atoms with E-state index in [1.54, 1.807) is 6.07 Å². The summed E-state index contributed by atoms with van der Waals surface area (Å²) in [5, 5.41) is 10.5. The summed E-state index contributed by atoms with van der Waals surface area (Å²) in [6, 6.07) is 3.42. The van der Waals surface area contributed by atoms with Gasteiger partial charge in [0.15, 0.2) is 0 Å². The maximum Gasteiger partial charge on any atom is 0.433 e. The van der Waals surface area contributed by atoms with Crippen LogP contribution >= 0.6 is 0 Å². The molecule has 6 heteroatoms. The van der Waals surface area contributed by atoms with Gasteiger partial charge in [-0.1, -0.05) is 6.92 Å². The van der Waals surface area contributed by atoms with E-state index in [2.05, 4.69) is 11.8 Å². The third-order valence-corrected chi connectivity index (χ3v) is 3.56. The molecule has 1 aromatic rings. The van der Waals surface area contributed by atoms with Crippen molar-refractivity contribution in [1.82, 2.24) is 4.90 Å². The zero-order chi connectivity index (χ0) is 13.1. The Balaban J connectivity index is 2.00. The van der Waals surface area contributed by atoms with E-state index in [1.807, 2.05) is 0 Å². The van der Waals surface area contributed by atoms with E-state index in [-0.39, 0.29) is 5.88 Å². The van der Waals surface area contributed by atoms with Crippen molar-refractivity contribution in [2.24, 2.45) is 11.7 Å². The summed E-state index contributed by atoms with van der Waals surface area (Å²) in [5.41, 5.74) is 5.78. The van der Waals surface area contributed by atoms with Crippen molar-refractivity contribution in [3.63, 3.8) is 0 Å². The second kappa shape index (κ2) is 5.49. The highest BCUT2D eigenvalue weighted by Gasteiger charge is 2.26. The smallest absolute Gasteiger partial charge is 0.404 e. The van der Waals surface area contributed by atoms with Crippen molar-refractivity contribution in [2.75, 3.05) is 13.1 Å². The van der Waals surface area contributed by atoms with E-state index >= 15 is 0 Å². The molecule has 0 amide bonds. The Labute approximate surface area is 106 Å². The van der Waals surface area contributed by atoms with Gasteiger partial charge >= 0.3 is 5.88 Å². The number of nitrogens with zero attached hydrogens (tertiary/aromatic N) is 2. The third-order valence-electron chi connectivity index (χ3n) is 3.56. The van der Waals surface area contributed by atoms with Crippen LogP contribution in [0.3, 0.4) is 0 Å². The molecule has 100 valence electrons. The Morgan fingerprint density at radius 2 is 2.39 bits per heavy atom. The van der Waals surface area contributed by atoms with Gasteiger partial charge in [-0.05, 0) is 31.4 Å². The van der Waals surface area contributed by atoms with Gasteiger partial charge in [-0.2, -0.15) is 0 Å². The summed E-state index contributed by atoms with van der Waals surface area (Å²) >= 11 is 0. The molecule has 2 unspecified atom stereocenters. The zero-order valence-electron chi connectivity index (χ0n) is 10.5. The van der Waals surface area contributed by atoms with Crippen molar-refractivity contribution in [2.45, 2.75) is 32.4 Å². The van der Waals surface area contributed by atoms with Crippen LogP contribution in [0.25, 0.3) is 0 Å². The van der Waals surface area contributed by atoms with Crippen molar-refractivity contribution in [3.8, 4) is 0 Å². The molecule has 0 bridgehead atoms. The van der Waals surface area contributed by atoms with Crippen LogP contribution in [-0.2, 0) is 6.54 Å². The molecule has 2 heterocycles.